The van der Waals surface area contributed by atoms with Gasteiger partial charge in [0.25, 0.3) is 0 Å². The van der Waals surface area contributed by atoms with Crippen molar-refractivity contribution in [3.63, 3.8) is 0 Å². The highest BCUT2D eigenvalue weighted by atomic mass is 16.6. The van der Waals surface area contributed by atoms with Crippen LogP contribution in [0.15, 0.2) is 29.4 Å². The van der Waals surface area contributed by atoms with Gasteiger partial charge in [0.2, 0.25) is 23.6 Å². The van der Waals surface area contributed by atoms with Crippen LogP contribution in [0.1, 0.15) is 53.0 Å². The maximum Gasteiger partial charge on any atom is 0.407 e. The summed E-state index contributed by atoms with van der Waals surface area (Å²) >= 11 is 0. The first-order valence-electron chi connectivity index (χ1n) is 14.0. The molecule has 0 aliphatic rings. The van der Waals surface area contributed by atoms with E-state index in [4.69, 9.17) is 10.3 Å². The number of anilines is 1. The fourth-order valence-corrected chi connectivity index (χ4v) is 3.65. The van der Waals surface area contributed by atoms with Crippen LogP contribution in [0.3, 0.4) is 0 Å². The molecule has 0 heterocycles. The van der Waals surface area contributed by atoms with E-state index in [0.717, 1.165) is 7.11 Å². The molecule has 0 saturated heterocycles. The number of azide groups is 1. The molecule has 17 heteroatoms. The zero-order valence-corrected chi connectivity index (χ0v) is 26.2. The highest BCUT2D eigenvalue weighted by Gasteiger charge is 2.32. The van der Waals surface area contributed by atoms with Gasteiger partial charge in [-0.2, -0.15) is 0 Å². The minimum atomic E-state index is -1.33. The van der Waals surface area contributed by atoms with E-state index in [0.29, 0.717) is 11.3 Å². The van der Waals surface area contributed by atoms with E-state index in [1.54, 1.807) is 58.9 Å². The number of aliphatic hydroxyl groups is 1. The maximum atomic E-state index is 13.4. The number of carbonyl (C=O) groups is 6. The monoisotopic (exact) mass is 634 g/mol. The largest absolute Gasteiger partial charge is 0.469 e. The topological polar surface area (TPSA) is 250 Å². The average Bonchev–Trinajstić information content (AvgIpc) is 2.97. The lowest BCUT2D eigenvalue weighted by molar-refractivity contribution is -0.141. The molecule has 17 nitrogen and oxygen atoms in total. The van der Waals surface area contributed by atoms with Gasteiger partial charge in [0, 0.05) is 17.0 Å². The number of hydrogen-bond donors (Lipinski definition) is 6. The summed E-state index contributed by atoms with van der Waals surface area (Å²) in [5.41, 5.74) is 8.60. The fourth-order valence-electron chi connectivity index (χ4n) is 3.65. The lowest BCUT2D eigenvalue weighted by Crippen LogP contribution is -2.59. The van der Waals surface area contributed by atoms with Crippen molar-refractivity contribution in [1.82, 2.24) is 21.3 Å². The van der Waals surface area contributed by atoms with Crippen LogP contribution in [-0.4, -0.2) is 84.7 Å². The van der Waals surface area contributed by atoms with Crippen molar-refractivity contribution in [2.75, 3.05) is 25.5 Å². The van der Waals surface area contributed by atoms with Gasteiger partial charge in [-0.1, -0.05) is 31.1 Å². The van der Waals surface area contributed by atoms with Gasteiger partial charge in [-0.05, 0) is 56.3 Å². The Morgan fingerprint density at radius 2 is 1.60 bits per heavy atom. The number of hydrogen-bond acceptors (Lipinski definition) is 10. The van der Waals surface area contributed by atoms with Crippen LogP contribution in [0, 0.1) is 5.92 Å². The molecule has 3 atom stereocenters. The minimum Gasteiger partial charge on any atom is -0.469 e. The second-order valence-electron chi connectivity index (χ2n) is 11.1. The molecule has 1 aromatic carbocycles. The summed E-state index contributed by atoms with van der Waals surface area (Å²) in [6.07, 6.45) is -1.26. The van der Waals surface area contributed by atoms with E-state index >= 15 is 0 Å². The Labute approximate surface area is 260 Å². The molecule has 5 amide bonds. The number of carbonyl (C=O) groups excluding carboxylic acids is 6. The van der Waals surface area contributed by atoms with Gasteiger partial charge in [-0.25, -0.2) is 4.79 Å². The number of aliphatic hydroxyl groups excluding tert-OH is 1. The number of nitrogens with zero attached hydrogens (tertiary/aromatic N) is 3. The Kier molecular flexibility index (Phi) is 15.8. The van der Waals surface area contributed by atoms with Gasteiger partial charge in [-0.15, -0.1) is 0 Å². The molecular formula is C28H42N8O9. The number of ether oxygens (including phenoxy) is 2. The van der Waals surface area contributed by atoms with Crippen molar-refractivity contribution in [2.24, 2.45) is 11.0 Å². The number of amides is 5. The lowest BCUT2D eigenvalue weighted by atomic mass is 10.0. The SMILES string of the molecule is COC(=O)CC[C@H](NC(=O)CN=[N+]=[N-])C(=O)N[C@H](C(=O)N[C@@H](CNC(=O)OC(C)(C)C)C(=O)Nc1ccc(CO)cc1)C(C)C. The maximum absolute atomic E-state index is 13.4. The summed E-state index contributed by atoms with van der Waals surface area (Å²) in [5, 5.41) is 24.9. The van der Waals surface area contributed by atoms with Crippen molar-refractivity contribution in [1.29, 1.82) is 0 Å². The summed E-state index contributed by atoms with van der Waals surface area (Å²) in [7, 11) is 1.16. The highest BCUT2D eigenvalue weighted by Crippen LogP contribution is 2.11. The van der Waals surface area contributed by atoms with Crippen LogP contribution >= 0.6 is 0 Å². The minimum absolute atomic E-state index is 0.188. The molecule has 0 aliphatic heterocycles. The first-order chi connectivity index (χ1) is 21.1. The molecule has 0 unspecified atom stereocenters. The Hall–Kier alpha value is -4.89. The highest BCUT2D eigenvalue weighted by molar-refractivity contribution is 5.99. The van der Waals surface area contributed by atoms with Gasteiger partial charge in [0.1, 0.15) is 30.3 Å². The third-order valence-electron chi connectivity index (χ3n) is 5.93. The molecule has 0 spiro atoms. The number of benzene rings is 1. The molecule has 0 aromatic heterocycles. The van der Waals surface area contributed by atoms with Crippen molar-refractivity contribution >= 4 is 41.4 Å². The molecule has 1 rings (SSSR count). The average molecular weight is 635 g/mol. The molecule has 0 bridgehead atoms. The van der Waals surface area contributed by atoms with Crippen molar-refractivity contribution in [3.05, 3.63) is 40.3 Å². The summed E-state index contributed by atoms with van der Waals surface area (Å²) in [5.74, 6) is -4.27. The van der Waals surface area contributed by atoms with E-state index in [-0.39, 0.29) is 26.0 Å². The number of methoxy groups -OCH3 is 1. The Balaban J connectivity index is 3.17. The smallest absolute Gasteiger partial charge is 0.407 e. The van der Waals surface area contributed by atoms with Crippen molar-refractivity contribution < 1.29 is 43.3 Å². The zero-order valence-electron chi connectivity index (χ0n) is 26.2. The first-order valence-corrected chi connectivity index (χ1v) is 14.0. The summed E-state index contributed by atoms with van der Waals surface area (Å²) < 4.78 is 9.81. The molecule has 0 fully saturated rings. The van der Waals surface area contributed by atoms with Gasteiger partial charge in [-0.3, -0.25) is 24.0 Å². The van der Waals surface area contributed by atoms with E-state index < -0.39 is 71.9 Å². The predicted octanol–water partition coefficient (Wildman–Crippen LogP) is 1.02. The third-order valence-corrected chi connectivity index (χ3v) is 5.93. The van der Waals surface area contributed by atoms with Crippen molar-refractivity contribution in [3.8, 4) is 0 Å². The molecular weight excluding hydrogens is 592 g/mol. The van der Waals surface area contributed by atoms with Gasteiger partial charge in [0.05, 0.1) is 20.3 Å². The quantitative estimate of drug-likeness (QED) is 0.0656. The number of esters is 1. The van der Waals surface area contributed by atoms with E-state index in [1.165, 1.54) is 0 Å². The van der Waals surface area contributed by atoms with Crippen LogP contribution < -0.4 is 26.6 Å². The number of nitrogens with one attached hydrogen (secondary N) is 5. The molecule has 0 saturated carbocycles. The third kappa shape index (κ3) is 14.9. The van der Waals surface area contributed by atoms with Crippen LogP contribution in [-0.2, 0) is 40.1 Å². The number of rotatable bonds is 16. The lowest BCUT2D eigenvalue weighted by Gasteiger charge is -2.27. The summed E-state index contributed by atoms with van der Waals surface area (Å²) in [6, 6.07) is 2.42. The Morgan fingerprint density at radius 1 is 0.956 bits per heavy atom. The Bertz CT molecular complexity index is 1240. The van der Waals surface area contributed by atoms with Crippen LogP contribution in [0.25, 0.3) is 10.4 Å². The van der Waals surface area contributed by atoms with Gasteiger partial charge in [0.15, 0.2) is 0 Å². The van der Waals surface area contributed by atoms with E-state index in [2.05, 4.69) is 41.3 Å². The van der Waals surface area contributed by atoms with Crippen LogP contribution in [0.5, 0.6) is 0 Å². The summed E-state index contributed by atoms with van der Waals surface area (Å²) in [6.45, 7) is 7.05. The Morgan fingerprint density at radius 3 is 2.13 bits per heavy atom. The second-order valence-corrected chi connectivity index (χ2v) is 11.1. The first kappa shape index (κ1) is 38.1. The van der Waals surface area contributed by atoms with E-state index in [1.807, 2.05) is 0 Å². The van der Waals surface area contributed by atoms with Crippen LogP contribution in [0.2, 0.25) is 0 Å². The number of alkyl carbamates (subject to hydrolysis) is 1. The molecule has 45 heavy (non-hydrogen) atoms. The fraction of sp³-hybridized carbons (Fsp3) is 0.571. The summed E-state index contributed by atoms with van der Waals surface area (Å²) in [4.78, 5) is 78.5. The van der Waals surface area contributed by atoms with Gasteiger partial charge >= 0.3 is 12.1 Å². The van der Waals surface area contributed by atoms with Gasteiger partial charge < -0.3 is 41.2 Å². The predicted molar refractivity (Wildman–Crippen MR) is 161 cm³/mol. The molecule has 248 valence electrons. The molecule has 0 aliphatic carbocycles. The zero-order chi connectivity index (χ0) is 34.2. The van der Waals surface area contributed by atoms with Crippen LogP contribution in [0.4, 0.5) is 10.5 Å². The molecule has 6 N–H and O–H groups in total. The molecule has 0 radical (unpaired) electrons. The van der Waals surface area contributed by atoms with E-state index in [9.17, 15) is 33.9 Å². The second kappa shape index (κ2) is 18.7. The standard InChI is InChI=1S/C28H42N8O9/c1-16(2)23(35-24(40)19(11-12-22(39)44-6)33-21(38)14-31-36-29)26(42)34-20(13-30-27(43)45-28(3,4)5)25(41)32-18-9-7-17(15-37)8-10-18/h7-10,16,19-20,23,37H,11-15H2,1-6H3,(H,30,43)(H,32,41)(H,33,38)(H,34,42)(H,35,40)/t19-,20-,23-/m0/s1. The molecule has 1 aromatic rings. The normalized spacial score (nSPS) is 12.8. The van der Waals surface area contributed by atoms with Crippen molar-refractivity contribution in [2.45, 2.75) is 77.8 Å².